The number of rotatable bonds is 5. The van der Waals surface area contributed by atoms with Crippen LogP contribution in [0.5, 0.6) is 0 Å². The summed E-state index contributed by atoms with van der Waals surface area (Å²) in [5.74, 6) is -0.183. The molecule has 0 atom stereocenters. The second kappa shape index (κ2) is 9.49. The average Bonchev–Trinajstić information content (AvgIpc) is 3.31. The molecular formula is C26H19F3N6O. The Balaban J connectivity index is 1.24. The molecule has 0 unspecified atom stereocenters. The van der Waals surface area contributed by atoms with Crippen LogP contribution >= 0.6 is 0 Å². The standard InChI is InChI=1S/C26H19F3N6O/c27-26(28,29)21-7-11-31-23(14-21)34-25(36)33-15-17-1-3-19(4-2-17)22-16-32-24-13-20(8-12-35(22)24)18-5-9-30-10-6-18/h1-14,16H,15H2,(H2,31,33,34,36). The van der Waals surface area contributed by atoms with Gasteiger partial charge in [-0.1, -0.05) is 24.3 Å². The molecule has 0 aliphatic carbocycles. The zero-order valence-corrected chi connectivity index (χ0v) is 18.7. The fraction of sp³-hybridized carbons (Fsp3) is 0.0769. The highest BCUT2D eigenvalue weighted by atomic mass is 19.4. The summed E-state index contributed by atoms with van der Waals surface area (Å²) < 4.78 is 40.5. The second-order valence-electron chi connectivity index (χ2n) is 7.96. The van der Waals surface area contributed by atoms with Crippen LogP contribution in [0.15, 0.2) is 91.6 Å². The molecular weight excluding hydrogens is 469 g/mol. The highest BCUT2D eigenvalue weighted by Gasteiger charge is 2.30. The van der Waals surface area contributed by atoms with Crippen molar-refractivity contribution >= 4 is 17.5 Å². The fourth-order valence-electron chi connectivity index (χ4n) is 3.73. The summed E-state index contributed by atoms with van der Waals surface area (Å²) in [6.07, 6.45) is 3.75. The van der Waals surface area contributed by atoms with E-state index in [4.69, 9.17) is 0 Å². The molecule has 7 nitrogen and oxygen atoms in total. The van der Waals surface area contributed by atoms with Crippen LogP contribution in [0, 0.1) is 0 Å². The molecule has 0 spiro atoms. The smallest absolute Gasteiger partial charge is 0.334 e. The van der Waals surface area contributed by atoms with Crippen molar-refractivity contribution in [2.24, 2.45) is 0 Å². The molecule has 2 N–H and O–H groups in total. The molecule has 10 heteroatoms. The fourth-order valence-corrected chi connectivity index (χ4v) is 3.73. The number of benzene rings is 1. The number of nitrogens with zero attached hydrogens (tertiary/aromatic N) is 4. The van der Waals surface area contributed by atoms with Crippen LogP contribution in [-0.4, -0.2) is 25.4 Å². The Morgan fingerprint density at radius 2 is 1.64 bits per heavy atom. The number of amides is 2. The van der Waals surface area contributed by atoms with Crippen molar-refractivity contribution in [1.82, 2.24) is 24.7 Å². The number of hydrogen-bond donors (Lipinski definition) is 2. The third-order valence-electron chi connectivity index (χ3n) is 5.56. The number of anilines is 1. The minimum absolute atomic E-state index is 0.183. The molecule has 0 aliphatic heterocycles. The number of hydrogen-bond acceptors (Lipinski definition) is 4. The normalized spacial score (nSPS) is 11.4. The Bertz CT molecular complexity index is 1510. The minimum atomic E-state index is -4.51. The Morgan fingerprint density at radius 3 is 2.39 bits per heavy atom. The lowest BCUT2D eigenvalue weighted by atomic mass is 10.1. The van der Waals surface area contributed by atoms with Crippen molar-refractivity contribution in [1.29, 1.82) is 0 Å². The predicted octanol–water partition coefficient (Wildman–Crippen LogP) is 5.80. The molecule has 0 bridgehead atoms. The molecule has 0 radical (unpaired) electrons. The molecule has 5 rings (SSSR count). The SMILES string of the molecule is O=C(NCc1ccc(-c2cnc3cc(-c4ccncc4)ccn23)cc1)Nc1cc(C(F)(F)F)ccn1. The largest absolute Gasteiger partial charge is 0.416 e. The lowest BCUT2D eigenvalue weighted by Crippen LogP contribution is -2.28. The van der Waals surface area contributed by atoms with E-state index in [9.17, 15) is 18.0 Å². The summed E-state index contributed by atoms with van der Waals surface area (Å²) in [7, 11) is 0. The number of aromatic nitrogens is 4. The van der Waals surface area contributed by atoms with Crippen LogP contribution in [0.25, 0.3) is 28.0 Å². The maximum atomic E-state index is 12.8. The van der Waals surface area contributed by atoms with E-state index >= 15 is 0 Å². The number of carbonyl (C=O) groups excluding carboxylic acids is 1. The molecule has 0 saturated heterocycles. The lowest BCUT2D eigenvalue weighted by Gasteiger charge is -2.10. The van der Waals surface area contributed by atoms with Crippen LogP contribution < -0.4 is 10.6 Å². The van der Waals surface area contributed by atoms with Crippen molar-refractivity contribution in [3.05, 3.63) is 103 Å². The Labute approximate surface area is 203 Å². The van der Waals surface area contributed by atoms with Gasteiger partial charge in [-0.15, -0.1) is 0 Å². The van der Waals surface area contributed by atoms with Gasteiger partial charge in [0.15, 0.2) is 0 Å². The van der Waals surface area contributed by atoms with Crippen molar-refractivity contribution in [3.63, 3.8) is 0 Å². The summed E-state index contributed by atoms with van der Waals surface area (Å²) in [4.78, 5) is 24.4. The molecule has 4 aromatic heterocycles. The van der Waals surface area contributed by atoms with E-state index in [0.29, 0.717) is 0 Å². The van der Waals surface area contributed by atoms with Gasteiger partial charge >= 0.3 is 12.2 Å². The first-order valence-corrected chi connectivity index (χ1v) is 10.9. The van der Waals surface area contributed by atoms with Gasteiger partial charge in [-0.05, 0) is 53.1 Å². The predicted molar refractivity (Wildman–Crippen MR) is 129 cm³/mol. The van der Waals surface area contributed by atoms with Gasteiger partial charge in [0.05, 0.1) is 17.5 Å². The Hall–Kier alpha value is -4.73. The number of halogens is 3. The van der Waals surface area contributed by atoms with E-state index in [2.05, 4.69) is 25.6 Å². The van der Waals surface area contributed by atoms with Gasteiger partial charge in [0.1, 0.15) is 11.5 Å². The van der Waals surface area contributed by atoms with E-state index in [1.807, 2.05) is 59.1 Å². The van der Waals surface area contributed by atoms with Crippen LogP contribution in [0.2, 0.25) is 0 Å². The third-order valence-corrected chi connectivity index (χ3v) is 5.56. The molecule has 4 heterocycles. The van der Waals surface area contributed by atoms with Gasteiger partial charge in [-0.2, -0.15) is 13.2 Å². The van der Waals surface area contributed by atoms with E-state index in [1.165, 1.54) is 0 Å². The molecule has 180 valence electrons. The summed E-state index contributed by atoms with van der Waals surface area (Å²) in [5.41, 5.74) is 4.71. The Kier molecular flexibility index (Phi) is 6.07. The van der Waals surface area contributed by atoms with Gasteiger partial charge in [-0.25, -0.2) is 14.8 Å². The molecule has 0 fully saturated rings. The number of urea groups is 1. The summed E-state index contributed by atoms with van der Waals surface area (Å²) in [6.45, 7) is 0.188. The summed E-state index contributed by atoms with van der Waals surface area (Å²) >= 11 is 0. The van der Waals surface area contributed by atoms with Crippen molar-refractivity contribution in [3.8, 4) is 22.4 Å². The number of imidazole rings is 1. The van der Waals surface area contributed by atoms with Gasteiger partial charge in [0.2, 0.25) is 0 Å². The highest BCUT2D eigenvalue weighted by molar-refractivity contribution is 5.88. The first kappa shape index (κ1) is 23.0. The maximum Gasteiger partial charge on any atom is 0.416 e. The molecule has 1 aromatic carbocycles. The van der Waals surface area contributed by atoms with Gasteiger partial charge in [0.25, 0.3) is 0 Å². The topological polar surface area (TPSA) is 84.2 Å². The van der Waals surface area contributed by atoms with Crippen molar-refractivity contribution < 1.29 is 18.0 Å². The zero-order chi connectivity index (χ0) is 25.1. The van der Waals surface area contributed by atoms with Gasteiger partial charge in [0, 0.05) is 36.9 Å². The molecule has 0 aliphatic rings. The van der Waals surface area contributed by atoms with Crippen molar-refractivity contribution in [2.45, 2.75) is 12.7 Å². The minimum Gasteiger partial charge on any atom is -0.334 e. The monoisotopic (exact) mass is 488 g/mol. The molecule has 0 saturated carbocycles. The summed E-state index contributed by atoms with van der Waals surface area (Å²) in [6, 6.07) is 16.4. The van der Waals surface area contributed by atoms with Crippen LogP contribution in [-0.2, 0) is 12.7 Å². The molecule has 36 heavy (non-hydrogen) atoms. The van der Waals surface area contributed by atoms with E-state index in [0.717, 1.165) is 51.9 Å². The van der Waals surface area contributed by atoms with Crippen LogP contribution in [0.1, 0.15) is 11.1 Å². The maximum absolute atomic E-state index is 12.8. The van der Waals surface area contributed by atoms with E-state index < -0.39 is 17.8 Å². The third kappa shape index (κ3) is 5.02. The molecule has 2 amide bonds. The zero-order valence-electron chi connectivity index (χ0n) is 18.7. The Morgan fingerprint density at radius 1 is 0.861 bits per heavy atom. The van der Waals surface area contributed by atoms with Crippen LogP contribution in [0.3, 0.4) is 0 Å². The van der Waals surface area contributed by atoms with Gasteiger partial charge in [-0.3, -0.25) is 14.7 Å². The molecule has 5 aromatic rings. The van der Waals surface area contributed by atoms with Crippen LogP contribution in [0.4, 0.5) is 23.8 Å². The van der Waals surface area contributed by atoms with E-state index in [-0.39, 0.29) is 12.4 Å². The number of nitrogens with one attached hydrogen (secondary N) is 2. The van der Waals surface area contributed by atoms with E-state index in [1.54, 1.807) is 18.6 Å². The average molecular weight is 488 g/mol. The lowest BCUT2D eigenvalue weighted by molar-refractivity contribution is -0.137. The number of carbonyl (C=O) groups is 1. The summed E-state index contributed by atoms with van der Waals surface area (Å²) in [5, 5.41) is 4.94. The van der Waals surface area contributed by atoms with Gasteiger partial charge < -0.3 is 5.32 Å². The number of fused-ring (bicyclic) bond motifs is 1. The van der Waals surface area contributed by atoms with Crippen molar-refractivity contribution in [2.75, 3.05) is 5.32 Å². The first-order valence-electron chi connectivity index (χ1n) is 10.9. The quantitative estimate of drug-likeness (QED) is 0.328. The highest BCUT2D eigenvalue weighted by Crippen LogP contribution is 2.30. The number of pyridine rings is 3. The second-order valence-corrected chi connectivity index (χ2v) is 7.96. The number of alkyl halides is 3. The first-order chi connectivity index (χ1) is 17.4.